The van der Waals surface area contributed by atoms with E-state index in [1.807, 2.05) is 0 Å². The summed E-state index contributed by atoms with van der Waals surface area (Å²) in [6.07, 6.45) is 0. The molecule has 1 unspecified atom stereocenters. The number of imide groups is 1. The molecule has 0 saturated carbocycles. The molecule has 2 rings (SSSR count). The van der Waals surface area contributed by atoms with E-state index in [1.165, 1.54) is 12.1 Å². The second kappa shape index (κ2) is 5.58. The van der Waals surface area contributed by atoms with Gasteiger partial charge in [0, 0.05) is 10.0 Å². The Labute approximate surface area is 122 Å². The largest absolute Gasteiger partial charge is 0.467 e. The molecule has 1 aromatic rings. The number of benzene rings is 1. The molecule has 6 nitrogen and oxygen atoms in total. The van der Waals surface area contributed by atoms with Crippen LogP contribution in [0, 0.1) is 5.82 Å². The van der Waals surface area contributed by atoms with Crippen molar-refractivity contribution in [2.45, 2.75) is 6.04 Å². The Balaban J connectivity index is 2.50. The van der Waals surface area contributed by atoms with Gasteiger partial charge in [-0.05, 0) is 12.1 Å². The second-order valence-electron chi connectivity index (χ2n) is 4.01. The number of hydrogen-bond acceptors (Lipinski definition) is 4. The highest BCUT2D eigenvalue weighted by Crippen LogP contribution is 2.28. The lowest BCUT2D eigenvalue weighted by atomic mass is 10.0. The van der Waals surface area contributed by atoms with Crippen LogP contribution < -0.4 is 5.32 Å². The number of esters is 1. The van der Waals surface area contributed by atoms with Gasteiger partial charge in [0.25, 0.3) is 5.91 Å². The third-order valence-electron chi connectivity index (χ3n) is 2.82. The van der Waals surface area contributed by atoms with Crippen LogP contribution in [0.2, 0.25) is 0 Å². The first-order valence-electron chi connectivity index (χ1n) is 5.58. The van der Waals surface area contributed by atoms with E-state index in [0.717, 1.165) is 13.2 Å². The molecule has 0 aromatic heterocycles. The van der Waals surface area contributed by atoms with Crippen LogP contribution in [0.1, 0.15) is 11.6 Å². The van der Waals surface area contributed by atoms with E-state index in [2.05, 4.69) is 26.0 Å². The van der Waals surface area contributed by atoms with Crippen LogP contribution in [-0.4, -0.2) is 36.5 Å². The van der Waals surface area contributed by atoms with Crippen LogP contribution in [0.15, 0.2) is 22.7 Å². The number of carbonyl (C=O) groups is 3. The maximum Gasteiger partial charge on any atom is 0.333 e. The summed E-state index contributed by atoms with van der Waals surface area (Å²) in [7, 11) is 1.10. The molecule has 1 atom stereocenters. The summed E-state index contributed by atoms with van der Waals surface area (Å²) in [5.41, 5.74) is -0.106. The first kappa shape index (κ1) is 14.4. The fraction of sp³-hybridized carbons (Fsp3) is 0.250. The van der Waals surface area contributed by atoms with Gasteiger partial charge in [0.1, 0.15) is 5.82 Å². The van der Waals surface area contributed by atoms with Crippen LogP contribution in [-0.2, 0) is 14.3 Å². The van der Waals surface area contributed by atoms with Gasteiger partial charge in [0.15, 0.2) is 6.04 Å². The monoisotopic (exact) mass is 344 g/mol. The summed E-state index contributed by atoms with van der Waals surface area (Å²) in [5, 5.41) is 2.28. The van der Waals surface area contributed by atoms with Crippen molar-refractivity contribution in [2.24, 2.45) is 0 Å². The number of hydrogen-bond donors (Lipinski definition) is 1. The van der Waals surface area contributed by atoms with Crippen LogP contribution in [0.25, 0.3) is 0 Å². The standard InChI is InChI=1S/C12H10BrFN2O4/c1-20-11(18)10(16-9(17)5-15-12(16)19)7-3-2-6(13)4-8(7)14/h2-4,10H,5H2,1H3,(H,15,19). The highest BCUT2D eigenvalue weighted by atomic mass is 79.9. The molecule has 1 aromatic carbocycles. The van der Waals surface area contributed by atoms with Gasteiger partial charge in [-0.2, -0.15) is 0 Å². The predicted octanol–water partition coefficient (Wildman–Crippen LogP) is 1.35. The minimum atomic E-state index is -1.44. The highest BCUT2D eigenvalue weighted by molar-refractivity contribution is 9.10. The van der Waals surface area contributed by atoms with Crippen LogP contribution in [0.3, 0.4) is 0 Å². The maximum atomic E-state index is 14.0. The molecule has 0 aliphatic carbocycles. The molecule has 3 amide bonds. The Bertz CT molecular complexity index is 577. The lowest BCUT2D eigenvalue weighted by Gasteiger charge is -2.23. The Morgan fingerprint density at radius 3 is 2.70 bits per heavy atom. The third kappa shape index (κ3) is 2.51. The average Bonchev–Trinajstić information content (AvgIpc) is 2.73. The summed E-state index contributed by atoms with van der Waals surface area (Å²) >= 11 is 3.09. The normalized spacial score (nSPS) is 16.1. The zero-order valence-electron chi connectivity index (χ0n) is 10.4. The third-order valence-corrected chi connectivity index (χ3v) is 3.31. The van der Waals surface area contributed by atoms with Crippen molar-refractivity contribution >= 4 is 33.8 Å². The Hall–Kier alpha value is -1.96. The topological polar surface area (TPSA) is 75.7 Å². The Kier molecular flexibility index (Phi) is 4.03. The minimum absolute atomic E-state index is 0.106. The zero-order chi connectivity index (χ0) is 14.9. The van der Waals surface area contributed by atoms with E-state index in [0.29, 0.717) is 9.37 Å². The Morgan fingerprint density at radius 2 is 2.20 bits per heavy atom. The van der Waals surface area contributed by atoms with Gasteiger partial charge in [-0.25, -0.2) is 18.9 Å². The maximum absolute atomic E-state index is 14.0. The predicted molar refractivity (Wildman–Crippen MR) is 69.1 cm³/mol. The molecule has 0 spiro atoms. The molecule has 1 aliphatic rings. The van der Waals surface area contributed by atoms with Crippen molar-refractivity contribution in [3.8, 4) is 0 Å². The Morgan fingerprint density at radius 1 is 1.50 bits per heavy atom. The molecule has 20 heavy (non-hydrogen) atoms. The average molecular weight is 345 g/mol. The van der Waals surface area contributed by atoms with Gasteiger partial charge in [-0.3, -0.25) is 4.79 Å². The molecule has 106 valence electrons. The number of nitrogens with zero attached hydrogens (tertiary/aromatic N) is 1. The van der Waals surface area contributed by atoms with Gasteiger partial charge in [0.2, 0.25) is 0 Å². The van der Waals surface area contributed by atoms with Gasteiger partial charge in [0.05, 0.1) is 13.7 Å². The van der Waals surface area contributed by atoms with Gasteiger partial charge < -0.3 is 10.1 Å². The van der Waals surface area contributed by atoms with Gasteiger partial charge in [-0.1, -0.05) is 22.0 Å². The summed E-state index contributed by atoms with van der Waals surface area (Å²) < 4.78 is 19.0. The summed E-state index contributed by atoms with van der Waals surface area (Å²) in [6, 6.07) is 1.77. The SMILES string of the molecule is COC(=O)C(c1ccc(Br)cc1F)N1C(=O)CNC1=O. The molecule has 8 heteroatoms. The first-order valence-corrected chi connectivity index (χ1v) is 6.37. The number of ether oxygens (including phenoxy) is 1. The highest BCUT2D eigenvalue weighted by Gasteiger charge is 2.41. The van der Waals surface area contributed by atoms with E-state index in [4.69, 9.17) is 0 Å². The molecule has 1 fully saturated rings. The summed E-state index contributed by atoms with van der Waals surface area (Å²) in [5.74, 6) is -2.23. The number of carbonyl (C=O) groups excluding carboxylic acids is 3. The number of methoxy groups -OCH3 is 1. The molecule has 0 radical (unpaired) electrons. The van der Waals surface area contributed by atoms with Gasteiger partial charge >= 0.3 is 12.0 Å². The van der Waals surface area contributed by atoms with E-state index < -0.39 is 29.8 Å². The van der Waals surface area contributed by atoms with Crippen LogP contribution in [0.4, 0.5) is 9.18 Å². The molecular formula is C12H10BrFN2O4. The molecule has 1 saturated heterocycles. The van der Waals surface area contributed by atoms with Crippen molar-refractivity contribution in [1.29, 1.82) is 0 Å². The van der Waals surface area contributed by atoms with E-state index >= 15 is 0 Å². The number of halogens is 2. The minimum Gasteiger partial charge on any atom is -0.467 e. The van der Waals surface area contributed by atoms with Crippen LogP contribution >= 0.6 is 15.9 Å². The fourth-order valence-electron chi connectivity index (χ4n) is 1.90. The van der Waals surface area contributed by atoms with Crippen molar-refractivity contribution in [1.82, 2.24) is 10.2 Å². The van der Waals surface area contributed by atoms with Crippen molar-refractivity contribution in [2.75, 3.05) is 13.7 Å². The van der Waals surface area contributed by atoms with Crippen LogP contribution in [0.5, 0.6) is 0 Å². The summed E-state index contributed by atoms with van der Waals surface area (Å²) in [4.78, 5) is 35.9. The van der Waals surface area contributed by atoms with E-state index in [9.17, 15) is 18.8 Å². The number of nitrogens with one attached hydrogen (secondary N) is 1. The molecule has 1 heterocycles. The smallest absolute Gasteiger partial charge is 0.333 e. The molecule has 1 aliphatic heterocycles. The fourth-order valence-corrected chi connectivity index (χ4v) is 2.24. The van der Waals surface area contributed by atoms with Crippen molar-refractivity contribution < 1.29 is 23.5 Å². The quantitative estimate of drug-likeness (QED) is 0.663. The lowest BCUT2D eigenvalue weighted by molar-refractivity contribution is -0.149. The molecule has 0 bridgehead atoms. The number of amides is 3. The van der Waals surface area contributed by atoms with Gasteiger partial charge in [-0.15, -0.1) is 0 Å². The van der Waals surface area contributed by atoms with Crippen molar-refractivity contribution in [3.05, 3.63) is 34.1 Å². The second-order valence-corrected chi connectivity index (χ2v) is 4.93. The molecule has 1 N–H and O–H groups in total. The zero-order valence-corrected chi connectivity index (χ0v) is 11.9. The summed E-state index contributed by atoms with van der Waals surface area (Å²) in [6.45, 7) is -0.232. The number of urea groups is 1. The van der Waals surface area contributed by atoms with E-state index in [1.54, 1.807) is 0 Å². The first-order chi connectivity index (χ1) is 9.45. The molecular weight excluding hydrogens is 335 g/mol. The van der Waals surface area contributed by atoms with Crippen molar-refractivity contribution in [3.63, 3.8) is 0 Å². The lowest BCUT2D eigenvalue weighted by Crippen LogP contribution is -2.40. The number of rotatable bonds is 3. The van der Waals surface area contributed by atoms with E-state index in [-0.39, 0.29) is 12.1 Å².